The molecule has 7 nitrogen and oxygen atoms in total. The average molecular weight is 503 g/mol. The molecule has 4 rings (SSSR count). The molecule has 0 saturated heterocycles. The summed E-state index contributed by atoms with van der Waals surface area (Å²) in [5, 5.41) is 0.0371. The number of nitrogens with zero attached hydrogens (tertiary/aromatic N) is 3. The van der Waals surface area contributed by atoms with Crippen molar-refractivity contribution in [1.82, 2.24) is 7.87 Å². The Hall–Kier alpha value is -2.56. The summed E-state index contributed by atoms with van der Waals surface area (Å²) in [6.45, 7) is 1.43. The standard InChI is InChI=1S/C18H15F3N4O3SSe/c1-18(8-29(27,28)24(2)17(22)23-18)11-5-9(3-4-12(11)19)25-16(26)10-6-13(20)14(21)7-15(10)30-25/h3-7H,8H2,1-2H3,(H2,22,23)/t18-/m0/s1. The van der Waals surface area contributed by atoms with Gasteiger partial charge in [0.1, 0.15) is 0 Å². The normalized spacial score (nSPS) is 21.1. The molecule has 2 N–H and O–H groups in total. The van der Waals surface area contributed by atoms with Crippen molar-refractivity contribution in [3.05, 3.63) is 63.7 Å². The van der Waals surface area contributed by atoms with Gasteiger partial charge in [0.05, 0.1) is 0 Å². The predicted octanol–water partition coefficient (Wildman–Crippen LogP) is 1.27. The number of aromatic nitrogens is 1. The number of hydrogen-bond donors (Lipinski definition) is 1. The minimum absolute atomic E-state index is 0.0371. The van der Waals surface area contributed by atoms with Crippen LogP contribution in [0.1, 0.15) is 12.5 Å². The molecule has 1 aliphatic rings. The molecule has 2 heterocycles. The molecule has 1 aromatic heterocycles. The van der Waals surface area contributed by atoms with Crippen LogP contribution in [0.5, 0.6) is 0 Å². The Morgan fingerprint density at radius 1 is 1.13 bits per heavy atom. The number of fused-ring (bicyclic) bond motifs is 1. The maximum absolute atomic E-state index is 14.7. The van der Waals surface area contributed by atoms with E-state index in [1.807, 2.05) is 0 Å². The SMILES string of the molecule is CN1C(N)=N[C@](C)(c2cc(-n3[se]c4cc(F)c(F)cc4c3=O)ccc2F)CS1(=O)=O. The maximum atomic E-state index is 14.7. The fraction of sp³-hybridized carbons (Fsp3) is 0.222. The molecule has 0 bridgehead atoms. The van der Waals surface area contributed by atoms with Gasteiger partial charge < -0.3 is 0 Å². The third-order valence-corrected chi connectivity index (χ3v) is 9.20. The summed E-state index contributed by atoms with van der Waals surface area (Å²) < 4.78 is 69.1. The molecule has 0 unspecified atom stereocenters. The number of rotatable bonds is 2. The number of sulfonamides is 1. The van der Waals surface area contributed by atoms with E-state index in [0.29, 0.717) is 4.26 Å². The molecule has 3 aromatic rings. The van der Waals surface area contributed by atoms with Crippen LogP contribution in [0.3, 0.4) is 0 Å². The second-order valence-electron chi connectivity index (χ2n) is 7.09. The third-order valence-electron chi connectivity index (χ3n) is 4.96. The summed E-state index contributed by atoms with van der Waals surface area (Å²) in [6, 6.07) is 5.58. The first-order chi connectivity index (χ1) is 13.9. The van der Waals surface area contributed by atoms with E-state index in [9.17, 15) is 26.4 Å². The Labute approximate surface area is 175 Å². The van der Waals surface area contributed by atoms with Gasteiger partial charge in [0, 0.05) is 0 Å². The first kappa shape index (κ1) is 20.7. The summed E-state index contributed by atoms with van der Waals surface area (Å²) in [6.07, 6.45) is 0. The van der Waals surface area contributed by atoms with Gasteiger partial charge in [-0.3, -0.25) is 0 Å². The fourth-order valence-corrected chi connectivity index (χ4v) is 6.87. The van der Waals surface area contributed by atoms with Crippen LogP contribution in [0.4, 0.5) is 13.2 Å². The van der Waals surface area contributed by atoms with Crippen LogP contribution in [-0.2, 0) is 15.6 Å². The van der Waals surface area contributed by atoms with Gasteiger partial charge in [-0.25, -0.2) is 0 Å². The number of benzene rings is 2. The van der Waals surface area contributed by atoms with Gasteiger partial charge in [-0.2, -0.15) is 0 Å². The number of guanidine groups is 1. The zero-order chi connectivity index (χ0) is 22.0. The predicted molar refractivity (Wildman–Crippen MR) is 107 cm³/mol. The minimum atomic E-state index is -3.83. The number of hydrogen-bond acceptors (Lipinski definition) is 5. The molecule has 2 aromatic carbocycles. The number of halogens is 3. The third kappa shape index (κ3) is 3.15. The molecule has 12 heteroatoms. The van der Waals surface area contributed by atoms with E-state index in [1.165, 1.54) is 29.7 Å². The van der Waals surface area contributed by atoms with Crippen molar-refractivity contribution in [3.63, 3.8) is 0 Å². The molecule has 0 saturated carbocycles. The summed E-state index contributed by atoms with van der Waals surface area (Å²) in [5.74, 6) is -3.71. The van der Waals surface area contributed by atoms with E-state index < -0.39 is 59.1 Å². The Morgan fingerprint density at radius 2 is 1.80 bits per heavy atom. The topological polar surface area (TPSA) is 97.8 Å². The molecule has 1 atom stereocenters. The van der Waals surface area contributed by atoms with Gasteiger partial charge >= 0.3 is 175 Å². The molecule has 0 spiro atoms. The van der Waals surface area contributed by atoms with Gasteiger partial charge in [-0.1, -0.05) is 0 Å². The van der Waals surface area contributed by atoms with Crippen LogP contribution < -0.4 is 11.3 Å². The van der Waals surface area contributed by atoms with Crippen LogP contribution in [0.15, 0.2) is 40.1 Å². The van der Waals surface area contributed by atoms with Gasteiger partial charge in [0.2, 0.25) is 0 Å². The quantitative estimate of drug-likeness (QED) is 0.533. The molecule has 30 heavy (non-hydrogen) atoms. The van der Waals surface area contributed by atoms with Gasteiger partial charge in [-0.15, -0.1) is 0 Å². The molecule has 0 amide bonds. The van der Waals surface area contributed by atoms with Crippen molar-refractivity contribution in [3.8, 4) is 5.69 Å². The van der Waals surface area contributed by atoms with Crippen molar-refractivity contribution < 1.29 is 21.6 Å². The summed E-state index contributed by atoms with van der Waals surface area (Å²) >= 11 is -0.710. The number of aliphatic imine (C=N–C) groups is 1. The first-order valence-electron chi connectivity index (χ1n) is 8.56. The molecular formula is C18H15F3N4O3SSe. The fourth-order valence-electron chi connectivity index (χ4n) is 3.33. The van der Waals surface area contributed by atoms with Gasteiger partial charge in [-0.05, 0) is 0 Å². The van der Waals surface area contributed by atoms with Crippen LogP contribution in [0.25, 0.3) is 15.3 Å². The first-order valence-corrected chi connectivity index (χ1v) is 11.8. The van der Waals surface area contributed by atoms with Gasteiger partial charge in [0.15, 0.2) is 0 Å². The van der Waals surface area contributed by atoms with Crippen LogP contribution in [-0.4, -0.2) is 49.8 Å². The van der Waals surface area contributed by atoms with Crippen molar-refractivity contribution >= 4 is 40.4 Å². The van der Waals surface area contributed by atoms with Crippen molar-refractivity contribution in [2.75, 3.05) is 12.8 Å². The van der Waals surface area contributed by atoms with E-state index in [2.05, 4.69) is 4.99 Å². The Kier molecular flexibility index (Phi) is 4.64. The molecule has 1 aliphatic heterocycles. The summed E-state index contributed by atoms with van der Waals surface area (Å²) in [4.78, 5) is 16.9. The van der Waals surface area contributed by atoms with Crippen LogP contribution in [0.2, 0.25) is 0 Å². The second kappa shape index (κ2) is 6.73. The second-order valence-corrected chi connectivity index (χ2v) is 11.2. The van der Waals surface area contributed by atoms with E-state index in [0.717, 1.165) is 22.5 Å². The average Bonchev–Trinajstić information content (AvgIpc) is 2.96. The molecule has 0 aliphatic carbocycles. The Balaban J connectivity index is 1.91. The van der Waals surface area contributed by atoms with Gasteiger partial charge in [0.25, 0.3) is 0 Å². The van der Waals surface area contributed by atoms with E-state index in [1.54, 1.807) is 0 Å². The molecule has 0 fully saturated rings. The van der Waals surface area contributed by atoms with Crippen molar-refractivity contribution in [2.45, 2.75) is 12.5 Å². The summed E-state index contributed by atoms with van der Waals surface area (Å²) in [5.41, 5.74) is 3.86. The Bertz CT molecular complexity index is 1400. The van der Waals surface area contributed by atoms with Crippen LogP contribution >= 0.6 is 0 Å². The van der Waals surface area contributed by atoms with E-state index in [-0.39, 0.29) is 22.6 Å². The zero-order valence-electron chi connectivity index (χ0n) is 15.7. The molecular weight excluding hydrogens is 488 g/mol. The van der Waals surface area contributed by atoms with E-state index in [4.69, 9.17) is 5.73 Å². The number of nitrogens with two attached hydrogens (primary N) is 1. The Morgan fingerprint density at radius 3 is 2.47 bits per heavy atom. The molecule has 0 radical (unpaired) electrons. The monoisotopic (exact) mass is 504 g/mol. The van der Waals surface area contributed by atoms with Crippen LogP contribution in [0, 0.1) is 17.5 Å². The molecule has 158 valence electrons. The summed E-state index contributed by atoms with van der Waals surface area (Å²) in [7, 11) is -2.58. The zero-order valence-corrected chi connectivity index (χ0v) is 18.2. The van der Waals surface area contributed by atoms with Crippen molar-refractivity contribution in [2.24, 2.45) is 10.7 Å². The van der Waals surface area contributed by atoms with E-state index >= 15 is 0 Å². The van der Waals surface area contributed by atoms with Crippen molar-refractivity contribution in [1.29, 1.82) is 0 Å².